The predicted molar refractivity (Wildman–Crippen MR) is 33.8 cm³/mol. The molecule has 0 unspecified atom stereocenters. The van der Waals surface area contributed by atoms with Gasteiger partial charge >= 0.3 is 0 Å². The van der Waals surface area contributed by atoms with Gasteiger partial charge in [0.2, 0.25) is 0 Å². The van der Waals surface area contributed by atoms with Gasteiger partial charge in [0.25, 0.3) is 0 Å². The van der Waals surface area contributed by atoms with E-state index in [0.717, 1.165) is 5.76 Å². The highest BCUT2D eigenvalue weighted by molar-refractivity contribution is 7.59. The smallest absolute Gasteiger partial charge is 0.100 e. The molecular weight excluding hydrogens is 108 g/mol. The summed E-state index contributed by atoms with van der Waals surface area (Å²) in [6.07, 6.45) is 1.66. The van der Waals surface area contributed by atoms with Crippen LogP contribution in [0, 0.1) is 6.92 Å². The van der Waals surface area contributed by atoms with Crippen LogP contribution in [0.25, 0.3) is 0 Å². The fourth-order valence-corrected chi connectivity index (χ4v) is 0.361. The number of hydrogen-bond acceptors (Lipinski definition) is 1. The lowest BCUT2D eigenvalue weighted by molar-refractivity contribution is 0.534. The van der Waals surface area contributed by atoms with Crippen molar-refractivity contribution in [1.29, 1.82) is 0 Å². The van der Waals surface area contributed by atoms with E-state index in [1.165, 1.54) is 0 Å². The molecule has 0 radical (unpaired) electrons. The Kier molecular flexibility index (Phi) is 2.60. The Morgan fingerprint density at radius 2 is 2.29 bits per heavy atom. The Balaban J connectivity index is 0.000000360. The van der Waals surface area contributed by atoms with Gasteiger partial charge in [-0.2, -0.15) is 13.5 Å². The first-order chi connectivity index (χ1) is 2.89. The molecule has 0 bridgehead atoms. The number of aryl methyl sites for hydroxylation is 1. The summed E-state index contributed by atoms with van der Waals surface area (Å²) in [5.74, 6) is 0.968. The molecule has 1 nitrogen and oxygen atoms in total. The maximum atomic E-state index is 4.83. The molecule has 0 amide bonds. The normalized spacial score (nSPS) is 7.57. The zero-order valence-electron chi connectivity index (χ0n) is 4.14. The van der Waals surface area contributed by atoms with Gasteiger partial charge in [-0.3, -0.25) is 0 Å². The van der Waals surface area contributed by atoms with Crippen molar-refractivity contribution in [2.45, 2.75) is 6.92 Å². The Labute approximate surface area is 49.8 Å². The Hall–Kier alpha value is -0.370. The standard InChI is InChI=1S/C5H6O.H2S/c1-5-3-2-4-6-5;/h2-4H,1H3;1H2. The second-order valence-electron chi connectivity index (χ2n) is 1.22. The summed E-state index contributed by atoms with van der Waals surface area (Å²) in [7, 11) is 0. The molecule has 1 rings (SSSR count). The van der Waals surface area contributed by atoms with Gasteiger partial charge in [-0.1, -0.05) is 0 Å². The second kappa shape index (κ2) is 2.75. The summed E-state index contributed by atoms with van der Waals surface area (Å²) in [4.78, 5) is 0. The molecule has 7 heavy (non-hydrogen) atoms. The first kappa shape index (κ1) is 6.63. The predicted octanol–water partition coefficient (Wildman–Crippen LogP) is 1.70. The minimum absolute atomic E-state index is 0. The highest BCUT2D eigenvalue weighted by Crippen LogP contribution is 1.93. The van der Waals surface area contributed by atoms with E-state index in [4.69, 9.17) is 4.42 Å². The third kappa shape index (κ3) is 1.69. The lowest BCUT2D eigenvalue weighted by Gasteiger charge is -1.69. The van der Waals surface area contributed by atoms with Crippen molar-refractivity contribution < 1.29 is 4.42 Å². The zero-order valence-corrected chi connectivity index (χ0v) is 5.14. The summed E-state index contributed by atoms with van der Waals surface area (Å²) in [6, 6.07) is 3.79. The van der Waals surface area contributed by atoms with Crippen LogP contribution in [-0.4, -0.2) is 0 Å². The quantitative estimate of drug-likeness (QED) is 0.503. The summed E-state index contributed by atoms with van der Waals surface area (Å²) < 4.78 is 4.83. The molecule has 0 spiro atoms. The molecule has 1 aromatic heterocycles. The van der Waals surface area contributed by atoms with Crippen molar-refractivity contribution in [2.75, 3.05) is 0 Å². The Morgan fingerprint density at radius 3 is 2.43 bits per heavy atom. The van der Waals surface area contributed by atoms with Gasteiger partial charge in [-0.05, 0) is 19.1 Å². The van der Waals surface area contributed by atoms with Crippen molar-refractivity contribution in [2.24, 2.45) is 0 Å². The van der Waals surface area contributed by atoms with Crippen LogP contribution < -0.4 is 0 Å². The molecule has 0 aliphatic heterocycles. The van der Waals surface area contributed by atoms with Crippen LogP contribution >= 0.6 is 13.5 Å². The van der Waals surface area contributed by atoms with E-state index in [-0.39, 0.29) is 13.5 Å². The summed E-state index contributed by atoms with van der Waals surface area (Å²) >= 11 is 0. The van der Waals surface area contributed by atoms with Crippen molar-refractivity contribution in [3.05, 3.63) is 24.2 Å². The molecular formula is C5H8OS. The van der Waals surface area contributed by atoms with Crippen molar-refractivity contribution >= 4 is 13.5 Å². The van der Waals surface area contributed by atoms with Crippen LogP contribution in [0.1, 0.15) is 5.76 Å². The average Bonchev–Trinajstić information content (AvgIpc) is 1.86. The van der Waals surface area contributed by atoms with Crippen LogP contribution in [0.15, 0.2) is 22.8 Å². The van der Waals surface area contributed by atoms with Crippen LogP contribution in [0.3, 0.4) is 0 Å². The van der Waals surface area contributed by atoms with Gasteiger partial charge in [0.1, 0.15) is 5.76 Å². The topological polar surface area (TPSA) is 13.1 Å². The van der Waals surface area contributed by atoms with Gasteiger partial charge < -0.3 is 4.42 Å². The molecule has 0 atom stereocenters. The summed E-state index contributed by atoms with van der Waals surface area (Å²) in [5, 5.41) is 0. The number of hydrogen-bond donors (Lipinski definition) is 0. The molecule has 0 aliphatic rings. The SMILES string of the molecule is Cc1ccco1.S. The zero-order chi connectivity index (χ0) is 4.41. The molecule has 0 aliphatic carbocycles. The van der Waals surface area contributed by atoms with E-state index >= 15 is 0 Å². The first-order valence-electron chi connectivity index (χ1n) is 1.90. The monoisotopic (exact) mass is 116 g/mol. The van der Waals surface area contributed by atoms with E-state index in [9.17, 15) is 0 Å². The molecule has 1 aromatic rings. The minimum Gasteiger partial charge on any atom is -0.470 e. The first-order valence-corrected chi connectivity index (χ1v) is 1.90. The lowest BCUT2D eigenvalue weighted by atomic mass is 10.5. The Bertz CT molecular complexity index is 112. The number of rotatable bonds is 0. The van der Waals surface area contributed by atoms with Gasteiger partial charge in [-0.15, -0.1) is 0 Å². The molecule has 0 N–H and O–H groups in total. The third-order valence-electron chi connectivity index (χ3n) is 0.663. The van der Waals surface area contributed by atoms with Gasteiger partial charge in [0, 0.05) is 0 Å². The lowest BCUT2D eigenvalue weighted by Crippen LogP contribution is -1.48. The maximum Gasteiger partial charge on any atom is 0.100 e. The van der Waals surface area contributed by atoms with Gasteiger partial charge in [-0.25, -0.2) is 0 Å². The van der Waals surface area contributed by atoms with Crippen LogP contribution in [0.2, 0.25) is 0 Å². The maximum absolute atomic E-state index is 4.83. The highest BCUT2D eigenvalue weighted by atomic mass is 32.1. The van der Waals surface area contributed by atoms with Crippen molar-refractivity contribution in [1.82, 2.24) is 0 Å². The summed E-state index contributed by atoms with van der Waals surface area (Å²) in [5.41, 5.74) is 0. The van der Waals surface area contributed by atoms with Gasteiger partial charge in [0.15, 0.2) is 0 Å². The molecule has 40 valence electrons. The molecule has 0 aromatic carbocycles. The van der Waals surface area contributed by atoms with E-state index in [0.29, 0.717) is 0 Å². The average molecular weight is 116 g/mol. The van der Waals surface area contributed by atoms with Crippen molar-refractivity contribution in [3.63, 3.8) is 0 Å². The molecule has 2 heteroatoms. The largest absolute Gasteiger partial charge is 0.470 e. The number of furan rings is 1. The van der Waals surface area contributed by atoms with Crippen LogP contribution in [0.4, 0.5) is 0 Å². The highest BCUT2D eigenvalue weighted by Gasteiger charge is 1.75. The molecule has 0 fully saturated rings. The minimum atomic E-state index is 0. The van der Waals surface area contributed by atoms with Gasteiger partial charge in [0.05, 0.1) is 6.26 Å². The summed E-state index contributed by atoms with van der Waals surface area (Å²) in [6.45, 7) is 1.92. The van der Waals surface area contributed by atoms with E-state index < -0.39 is 0 Å². The fraction of sp³-hybridized carbons (Fsp3) is 0.200. The second-order valence-corrected chi connectivity index (χ2v) is 1.22. The molecule has 0 saturated carbocycles. The van der Waals surface area contributed by atoms with Crippen LogP contribution in [0.5, 0.6) is 0 Å². The molecule has 1 heterocycles. The molecule has 0 saturated heterocycles. The van der Waals surface area contributed by atoms with E-state index in [1.54, 1.807) is 6.26 Å². The third-order valence-corrected chi connectivity index (χ3v) is 0.663. The fourth-order valence-electron chi connectivity index (χ4n) is 0.361. The van der Waals surface area contributed by atoms with E-state index in [1.807, 2.05) is 19.1 Å². The Morgan fingerprint density at radius 1 is 1.57 bits per heavy atom. The van der Waals surface area contributed by atoms with Crippen LogP contribution in [-0.2, 0) is 0 Å². The van der Waals surface area contributed by atoms with Crippen molar-refractivity contribution in [3.8, 4) is 0 Å². The van der Waals surface area contributed by atoms with E-state index in [2.05, 4.69) is 0 Å².